The summed E-state index contributed by atoms with van der Waals surface area (Å²) in [4.78, 5) is 0.417. The second-order valence-electron chi connectivity index (χ2n) is 5.99. The average Bonchev–Trinajstić information content (AvgIpc) is 2.42. The van der Waals surface area contributed by atoms with Gasteiger partial charge in [0, 0.05) is 25.7 Å². The Hall–Kier alpha value is -0.910. The van der Waals surface area contributed by atoms with Crippen molar-refractivity contribution in [1.29, 1.82) is 0 Å². The highest BCUT2D eigenvalue weighted by Gasteiger charge is 2.25. The van der Waals surface area contributed by atoms with E-state index in [2.05, 4.69) is 5.32 Å². The van der Waals surface area contributed by atoms with Crippen LogP contribution in [-0.4, -0.2) is 31.9 Å². The molecule has 0 amide bonds. The highest BCUT2D eigenvalue weighted by Crippen LogP contribution is 2.21. The number of benzene rings is 1. The second kappa shape index (κ2) is 7.92. The molecule has 0 atom stereocenters. The van der Waals surface area contributed by atoms with Crippen LogP contribution in [0.1, 0.15) is 40.2 Å². The van der Waals surface area contributed by atoms with Gasteiger partial charge in [-0.15, -0.1) is 0 Å². The molecule has 120 valence electrons. The van der Waals surface area contributed by atoms with Crippen molar-refractivity contribution < 1.29 is 8.42 Å². The monoisotopic (exact) mass is 312 g/mol. The molecule has 0 fully saturated rings. The summed E-state index contributed by atoms with van der Waals surface area (Å²) in [7, 11) is -3.43. The Balaban J connectivity index is 3.12. The topological polar surface area (TPSA) is 49.4 Å². The van der Waals surface area contributed by atoms with Crippen LogP contribution < -0.4 is 5.32 Å². The zero-order chi connectivity index (χ0) is 16.0. The fraction of sp³-hybridized carbons (Fsp3) is 0.625. The lowest BCUT2D eigenvalue weighted by atomic mass is 10.2. The molecule has 0 heterocycles. The number of nitrogens with one attached hydrogen (secondary N) is 1. The minimum Gasteiger partial charge on any atom is -0.310 e. The van der Waals surface area contributed by atoms with Gasteiger partial charge in [0.05, 0.1) is 4.90 Å². The van der Waals surface area contributed by atoms with Crippen LogP contribution in [0.4, 0.5) is 0 Å². The van der Waals surface area contributed by atoms with E-state index < -0.39 is 10.0 Å². The summed E-state index contributed by atoms with van der Waals surface area (Å²) in [5.74, 6) is 0.306. The molecule has 0 radical (unpaired) electrons. The van der Waals surface area contributed by atoms with Gasteiger partial charge >= 0.3 is 0 Å². The van der Waals surface area contributed by atoms with Crippen molar-refractivity contribution in [2.24, 2.45) is 5.92 Å². The summed E-state index contributed by atoms with van der Waals surface area (Å²) < 4.78 is 27.3. The van der Waals surface area contributed by atoms with Gasteiger partial charge in [-0.25, -0.2) is 8.42 Å². The van der Waals surface area contributed by atoms with Crippen LogP contribution in [-0.2, 0) is 16.6 Å². The molecule has 1 aromatic carbocycles. The lowest BCUT2D eigenvalue weighted by Gasteiger charge is -2.24. The maximum Gasteiger partial charge on any atom is 0.243 e. The molecule has 1 rings (SSSR count). The molecule has 0 aromatic heterocycles. The third-order valence-corrected chi connectivity index (χ3v) is 5.25. The normalized spacial score (nSPS) is 12.6. The number of sulfonamides is 1. The van der Waals surface area contributed by atoms with Gasteiger partial charge in [-0.1, -0.05) is 52.8 Å². The van der Waals surface area contributed by atoms with Crippen molar-refractivity contribution in [3.8, 4) is 0 Å². The van der Waals surface area contributed by atoms with E-state index in [-0.39, 0.29) is 0 Å². The van der Waals surface area contributed by atoms with Crippen LogP contribution in [0.2, 0.25) is 0 Å². The van der Waals surface area contributed by atoms with Crippen molar-refractivity contribution in [3.63, 3.8) is 0 Å². The highest BCUT2D eigenvalue weighted by atomic mass is 32.2. The first-order valence-electron chi connectivity index (χ1n) is 7.60. The Labute approximate surface area is 129 Å². The Bertz CT molecular complexity index is 539. The number of rotatable bonds is 8. The standard InChI is InChI=1S/C16H28N2O2S/c1-6-18(12-13(2)3)21(19,20)16-10-8-7-9-15(16)11-17-14(4)5/h7-10,13-14,17H,6,11-12H2,1-5H3. The van der Waals surface area contributed by atoms with Crippen LogP contribution in [0.25, 0.3) is 0 Å². The van der Waals surface area contributed by atoms with E-state index in [0.717, 1.165) is 5.56 Å². The Morgan fingerprint density at radius 2 is 1.76 bits per heavy atom. The van der Waals surface area contributed by atoms with E-state index in [4.69, 9.17) is 0 Å². The van der Waals surface area contributed by atoms with E-state index in [0.29, 0.717) is 36.5 Å². The first kappa shape index (κ1) is 18.1. The zero-order valence-electron chi connectivity index (χ0n) is 13.8. The summed E-state index contributed by atoms with van der Waals surface area (Å²) in [6.07, 6.45) is 0. The first-order valence-corrected chi connectivity index (χ1v) is 9.04. The van der Waals surface area contributed by atoms with Crippen molar-refractivity contribution in [1.82, 2.24) is 9.62 Å². The summed E-state index contributed by atoms with van der Waals surface area (Å²) in [6.45, 7) is 11.6. The molecule has 0 unspecified atom stereocenters. The lowest BCUT2D eigenvalue weighted by molar-refractivity contribution is 0.380. The largest absolute Gasteiger partial charge is 0.310 e. The zero-order valence-corrected chi connectivity index (χ0v) is 14.6. The summed E-state index contributed by atoms with van der Waals surface area (Å²) in [5.41, 5.74) is 0.827. The molecule has 0 aliphatic heterocycles. The van der Waals surface area contributed by atoms with E-state index in [9.17, 15) is 8.42 Å². The third-order valence-electron chi connectivity index (χ3n) is 3.21. The van der Waals surface area contributed by atoms with Crippen molar-refractivity contribution in [3.05, 3.63) is 29.8 Å². The molecule has 1 N–H and O–H groups in total. The molecule has 21 heavy (non-hydrogen) atoms. The molecule has 4 nitrogen and oxygen atoms in total. The molecule has 0 aliphatic carbocycles. The molecule has 0 bridgehead atoms. The molecule has 0 aliphatic rings. The van der Waals surface area contributed by atoms with Crippen LogP contribution in [0, 0.1) is 5.92 Å². The Kier molecular flexibility index (Phi) is 6.84. The summed E-state index contributed by atoms with van der Waals surface area (Å²) in [6, 6.07) is 7.57. The molecule has 1 aromatic rings. The molecular formula is C16H28N2O2S. The Morgan fingerprint density at radius 1 is 1.14 bits per heavy atom. The predicted octanol–water partition coefficient (Wildman–Crippen LogP) is 2.85. The Morgan fingerprint density at radius 3 is 2.29 bits per heavy atom. The first-order chi connectivity index (χ1) is 9.78. The fourth-order valence-electron chi connectivity index (χ4n) is 2.16. The average molecular weight is 312 g/mol. The number of hydrogen-bond donors (Lipinski definition) is 1. The van der Waals surface area contributed by atoms with Gasteiger partial charge in [-0.2, -0.15) is 4.31 Å². The molecule has 5 heteroatoms. The van der Waals surface area contributed by atoms with Gasteiger partial charge < -0.3 is 5.32 Å². The maximum atomic E-state index is 12.9. The molecule has 0 saturated carbocycles. The van der Waals surface area contributed by atoms with E-state index in [1.807, 2.05) is 46.8 Å². The van der Waals surface area contributed by atoms with Gasteiger partial charge in [-0.05, 0) is 17.5 Å². The lowest BCUT2D eigenvalue weighted by Crippen LogP contribution is -2.35. The van der Waals surface area contributed by atoms with Crippen molar-refractivity contribution in [2.75, 3.05) is 13.1 Å². The fourth-order valence-corrected chi connectivity index (χ4v) is 3.99. The summed E-state index contributed by atoms with van der Waals surface area (Å²) in [5, 5.41) is 3.29. The van der Waals surface area contributed by atoms with Gasteiger partial charge in [-0.3, -0.25) is 0 Å². The van der Waals surface area contributed by atoms with Crippen molar-refractivity contribution in [2.45, 2.75) is 52.1 Å². The van der Waals surface area contributed by atoms with E-state index >= 15 is 0 Å². The number of nitrogens with zero attached hydrogens (tertiary/aromatic N) is 1. The third kappa shape index (κ3) is 5.09. The SMILES string of the molecule is CCN(CC(C)C)S(=O)(=O)c1ccccc1CNC(C)C. The van der Waals surface area contributed by atoms with Gasteiger partial charge in [0.2, 0.25) is 10.0 Å². The van der Waals surface area contributed by atoms with E-state index in [1.165, 1.54) is 0 Å². The van der Waals surface area contributed by atoms with Crippen LogP contribution in [0.15, 0.2) is 29.2 Å². The van der Waals surface area contributed by atoms with Crippen LogP contribution in [0.3, 0.4) is 0 Å². The van der Waals surface area contributed by atoms with Crippen LogP contribution in [0.5, 0.6) is 0 Å². The van der Waals surface area contributed by atoms with E-state index in [1.54, 1.807) is 16.4 Å². The predicted molar refractivity (Wildman–Crippen MR) is 87.7 cm³/mol. The van der Waals surface area contributed by atoms with Gasteiger partial charge in [0.1, 0.15) is 0 Å². The number of hydrogen-bond acceptors (Lipinski definition) is 3. The highest BCUT2D eigenvalue weighted by molar-refractivity contribution is 7.89. The smallest absolute Gasteiger partial charge is 0.243 e. The molecule has 0 saturated heterocycles. The van der Waals surface area contributed by atoms with Gasteiger partial charge in [0.25, 0.3) is 0 Å². The molecule has 0 spiro atoms. The molecular weight excluding hydrogens is 284 g/mol. The minimum absolute atomic E-state index is 0.306. The van der Waals surface area contributed by atoms with Gasteiger partial charge in [0.15, 0.2) is 0 Å². The van der Waals surface area contributed by atoms with Crippen molar-refractivity contribution >= 4 is 10.0 Å². The maximum absolute atomic E-state index is 12.9. The minimum atomic E-state index is -3.43. The summed E-state index contributed by atoms with van der Waals surface area (Å²) >= 11 is 0. The quantitative estimate of drug-likeness (QED) is 0.803. The second-order valence-corrected chi connectivity index (χ2v) is 7.90. The van der Waals surface area contributed by atoms with Crippen LogP contribution >= 0.6 is 0 Å².